The Bertz CT molecular complexity index is 488. The molecule has 0 spiro atoms. The molecule has 0 radical (unpaired) electrons. The molecule has 1 aromatic heterocycles. The number of nitrogen functional groups attached to an aromatic ring is 1. The molecule has 0 saturated heterocycles. The first kappa shape index (κ1) is 11.7. The molecule has 3 N–H and O–H groups in total. The number of nitrogens with two attached hydrogens (primary N) is 1. The Morgan fingerprint density at radius 3 is 2.65 bits per heavy atom. The number of aryl methyl sites for hydroxylation is 2. The smallest absolute Gasteiger partial charge is 0.130 e. The molecule has 1 aromatic carbocycles. The molecule has 0 unspecified atom stereocenters. The standard InChI is InChI=1S/C13H17N3O/c1-10-4-6-12(7-5-10)16-13(14)11(9-15-16)3-2-8-17/h4-7,9,17H,2-3,8,14H2,1H3. The molecule has 0 saturated carbocycles. The normalized spacial score (nSPS) is 10.7. The summed E-state index contributed by atoms with van der Waals surface area (Å²) < 4.78 is 1.73. The summed E-state index contributed by atoms with van der Waals surface area (Å²) in [5, 5.41) is 13.1. The molecule has 2 rings (SSSR count). The molecular formula is C13H17N3O. The largest absolute Gasteiger partial charge is 0.396 e. The Kier molecular flexibility index (Phi) is 3.44. The lowest BCUT2D eigenvalue weighted by molar-refractivity contribution is 0.288. The first-order valence-electron chi connectivity index (χ1n) is 5.72. The number of aliphatic hydroxyl groups is 1. The molecule has 0 atom stereocenters. The van der Waals surface area contributed by atoms with E-state index in [0.29, 0.717) is 12.2 Å². The second kappa shape index (κ2) is 5.01. The van der Waals surface area contributed by atoms with Gasteiger partial charge in [0.25, 0.3) is 0 Å². The number of anilines is 1. The Morgan fingerprint density at radius 1 is 1.29 bits per heavy atom. The lowest BCUT2D eigenvalue weighted by atomic mass is 10.2. The molecule has 2 aromatic rings. The third-order valence-corrected chi connectivity index (χ3v) is 2.77. The van der Waals surface area contributed by atoms with E-state index in [1.807, 2.05) is 31.2 Å². The second-order valence-electron chi connectivity index (χ2n) is 4.13. The quantitative estimate of drug-likeness (QED) is 0.841. The average Bonchev–Trinajstić information content (AvgIpc) is 2.69. The van der Waals surface area contributed by atoms with Gasteiger partial charge in [0.15, 0.2) is 0 Å². The Balaban J connectivity index is 2.27. The molecule has 0 aliphatic carbocycles. The van der Waals surface area contributed by atoms with Gasteiger partial charge in [0.2, 0.25) is 0 Å². The molecule has 4 nitrogen and oxygen atoms in total. The van der Waals surface area contributed by atoms with Crippen LogP contribution in [0.5, 0.6) is 0 Å². The van der Waals surface area contributed by atoms with Crippen LogP contribution in [0, 0.1) is 6.92 Å². The van der Waals surface area contributed by atoms with Crippen molar-refractivity contribution in [3.8, 4) is 5.69 Å². The number of hydrogen-bond acceptors (Lipinski definition) is 3. The molecule has 0 amide bonds. The molecule has 90 valence electrons. The van der Waals surface area contributed by atoms with Crippen LogP contribution >= 0.6 is 0 Å². The van der Waals surface area contributed by atoms with Gasteiger partial charge in [-0.25, -0.2) is 4.68 Å². The van der Waals surface area contributed by atoms with Crippen molar-refractivity contribution in [3.63, 3.8) is 0 Å². The van der Waals surface area contributed by atoms with E-state index in [0.717, 1.165) is 17.7 Å². The zero-order valence-corrected chi connectivity index (χ0v) is 9.93. The average molecular weight is 231 g/mol. The van der Waals surface area contributed by atoms with E-state index < -0.39 is 0 Å². The van der Waals surface area contributed by atoms with E-state index in [-0.39, 0.29) is 6.61 Å². The summed E-state index contributed by atoms with van der Waals surface area (Å²) in [5.74, 6) is 0.655. The molecule has 17 heavy (non-hydrogen) atoms. The first-order valence-corrected chi connectivity index (χ1v) is 5.72. The maximum absolute atomic E-state index is 8.80. The fourth-order valence-electron chi connectivity index (χ4n) is 1.75. The fraction of sp³-hybridized carbons (Fsp3) is 0.308. The van der Waals surface area contributed by atoms with Crippen LogP contribution in [-0.2, 0) is 6.42 Å². The minimum Gasteiger partial charge on any atom is -0.396 e. The van der Waals surface area contributed by atoms with Crippen molar-refractivity contribution < 1.29 is 5.11 Å². The van der Waals surface area contributed by atoms with Crippen LogP contribution in [0.25, 0.3) is 5.69 Å². The number of rotatable bonds is 4. The van der Waals surface area contributed by atoms with Crippen LogP contribution in [-0.4, -0.2) is 21.5 Å². The zero-order chi connectivity index (χ0) is 12.3. The number of aliphatic hydroxyl groups excluding tert-OH is 1. The highest BCUT2D eigenvalue weighted by Crippen LogP contribution is 2.18. The minimum atomic E-state index is 0.176. The third kappa shape index (κ3) is 2.47. The first-order chi connectivity index (χ1) is 8.22. The van der Waals surface area contributed by atoms with E-state index in [9.17, 15) is 0 Å². The van der Waals surface area contributed by atoms with E-state index in [1.165, 1.54) is 5.56 Å². The zero-order valence-electron chi connectivity index (χ0n) is 9.93. The van der Waals surface area contributed by atoms with Crippen LogP contribution in [0.2, 0.25) is 0 Å². The summed E-state index contributed by atoms with van der Waals surface area (Å²) in [5.41, 5.74) is 9.19. The topological polar surface area (TPSA) is 64.1 Å². The van der Waals surface area contributed by atoms with Crippen molar-refractivity contribution in [2.24, 2.45) is 0 Å². The number of aromatic nitrogens is 2. The van der Waals surface area contributed by atoms with Crippen molar-refractivity contribution in [1.29, 1.82) is 0 Å². The van der Waals surface area contributed by atoms with Gasteiger partial charge in [-0.05, 0) is 31.9 Å². The van der Waals surface area contributed by atoms with Crippen molar-refractivity contribution >= 4 is 5.82 Å². The van der Waals surface area contributed by atoms with Gasteiger partial charge in [-0.15, -0.1) is 0 Å². The third-order valence-electron chi connectivity index (χ3n) is 2.77. The van der Waals surface area contributed by atoms with Gasteiger partial charge in [0.1, 0.15) is 5.82 Å². The van der Waals surface area contributed by atoms with Gasteiger partial charge in [0.05, 0.1) is 11.9 Å². The van der Waals surface area contributed by atoms with Crippen molar-refractivity contribution in [1.82, 2.24) is 9.78 Å². The summed E-state index contributed by atoms with van der Waals surface area (Å²) in [7, 11) is 0. The molecule has 0 aliphatic rings. The molecule has 0 bridgehead atoms. The number of benzene rings is 1. The van der Waals surface area contributed by atoms with Crippen molar-refractivity contribution in [2.75, 3.05) is 12.3 Å². The molecular weight excluding hydrogens is 214 g/mol. The van der Waals surface area contributed by atoms with E-state index >= 15 is 0 Å². The monoisotopic (exact) mass is 231 g/mol. The molecule has 1 heterocycles. The van der Waals surface area contributed by atoms with E-state index in [4.69, 9.17) is 10.8 Å². The second-order valence-corrected chi connectivity index (χ2v) is 4.13. The molecule has 0 fully saturated rings. The van der Waals surface area contributed by atoms with Gasteiger partial charge in [-0.3, -0.25) is 0 Å². The highest BCUT2D eigenvalue weighted by molar-refractivity contribution is 5.47. The lowest BCUT2D eigenvalue weighted by Crippen LogP contribution is -2.03. The molecule has 4 heteroatoms. The minimum absolute atomic E-state index is 0.176. The van der Waals surface area contributed by atoms with Gasteiger partial charge in [-0.2, -0.15) is 5.10 Å². The van der Waals surface area contributed by atoms with Crippen molar-refractivity contribution in [3.05, 3.63) is 41.6 Å². The van der Waals surface area contributed by atoms with Crippen LogP contribution in [0.15, 0.2) is 30.5 Å². The highest BCUT2D eigenvalue weighted by Gasteiger charge is 2.08. The summed E-state index contributed by atoms with van der Waals surface area (Å²) >= 11 is 0. The van der Waals surface area contributed by atoms with Gasteiger partial charge in [-0.1, -0.05) is 17.7 Å². The Hall–Kier alpha value is -1.81. The summed E-state index contributed by atoms with van der Waals surface area (Å²) in [6.45, 7) is 2.22. The van der Waals surface area contributed by atoms with Crippen LogP contribution in [0.3, 0.4) is 0 Å². The maximum atomic E-state index is 8.80. The number of hydrogen-bond donors (Lipinski definition) is 2. The predicted molar refractivity (Wildman–Crippen MR) is 68.1 cm³/mol. The van der Waals surface area contributed by atoms with Crippen LogP contribution in [0.4, 0.5) is 5.82 Å². The van der Waals surface area contributed by atoms with E-state index in [2.05, 4.69) is 5.10 Å². The van der Waals surface area contributed by atoms with E-state index in [1.54, 1.807) is 10.9 Å². The predicted octanol–water partition coefficient (Wildman–Crippen LogP) is 1.69. The van der Waals surface area contributed by atoms with Crippen molar-refractivity contribution in [2.45, 2.75) is 19.8 Å². The molecule has 0 aliphatic heterocycles. The highest BCUT2D eigenvalue weighted by atomic mass is 16.2. The van der Waals surface area contributed by atoms with Crippen LogP contribution < -0.4 is 5.73 Å². The Labute approximate surface area is 101 Å². The summed E-state index contributed by atoms with van der Waals surface area (Å²) in [4.78, 5) is 0. The van der Waals surface area contributed by atoms with Gasteiger partial charge < -0.3 is 10.8 Å². The summed E-state index contributed by atoms with van der Waals surface area (Å²) in [6.07, 6.45) is 3.24. The lowest BCUT2D eigenvalue weighted by Gasteiger charge is -2.05. The maximum Gasteiger partial charge on any atom is 0.130 e. The number of nitrogens with zero attached hydrogens (tertiary/aromatic N) is 2. The van der Waals surface area contributed by atoms with Gasteiger partial charge >= 0.3 is 0 Å². The van der Waals surface area contributed by atoms with Crippen LogP contribution in [0.1, 0.15) is 17.5 Å². The SMILES string of the molecule is Cc1ccc(-n2ncc(CCCO)c2N)cc1. The summed E-state index contributed by atoms with van der Waals surface area (Å²) in [6, 6.07) is 8.05. The van der Waals surface area contributed by atoms with Gasteiger partial charge in [0, 0.05) is 12.2 Å². The fourth-order valence-corrected chi connectivity index (χ4v) is 1.75. The Morgan fingerprint density at radius 2 is 2.00 bits per heavy atom.